The first-order chi connectivity index (χ1) is 6.22. The molecule has 0 amide bonds. The van der Waals surface area contributed by atoms with Crippen LogP contribution in [0.25, 0.3) is 0 Å². The number of alkyl halides is 1. The summed E-state index contributed by atoms with van der Waals surface area (Å²) >= 11 is 10.9. The third kappa shape index (κ3) is 4.34. The Labute approximate surface area is 96.4 Å². The number of hydrogen-bond acceptors (Lipinski definition) is 2. The lowest BCUT2D eigenvalue weighted by atomic mass is 10.3. The highest BCUT2D eigenvalue weighted by Crippen LogP contribution is 2.20. The molecule has 0 bridgehead atoms. The van der Waals surface area contributed by atoms with Gasteiger partial charge in [0.05, 0.1) is 10.0 Å². The SMILES string of the molecule is CC(CBr)CSc1ccc(Cl)cn1. The molecule has 13 heavy (non-hydrogen) atoms. The first kappa shape index (κ1) is 11.3. The molecular weight excluding hydrogens is 270 g/mol. The number of nitrogens with zero attached hydrogens (tertiary/aromatic N) is 1. The van der Waals surface area contributed by atoms with E-state index in [1.165, 1.54) is 0 Å². The van der Waals surface area contributed by atoms with E-state index < -0.39 is 0 Å². The monoisotopic (exact) mass is 279 g/mol. The van der Waals surface area contributed by atoms with Gasteiger partial charge in [0.15, 0.2) is 0 Å². The van der Waals surface area contributed by atoms with Gasteiger partial charge in [-0.25, -0.2) is 4.98 Å². The lowest BCUT2D eigenvalue weighted by Gasteiger charge is -2.05. The minimum Gasteiger partial charge on any atom is -0.248 e. The van der Waals surface area contributed by atoms with Crippen LogP contribution >= 0.6 is 39.3 Å². The van der Waals surface area contributed by atoms with Crippen molar-refractivity contribution >= 4 is 39.3 Å². The molecule has 4 heteroatoms. The molecule has 0 aliphatic carbocycles. The minimum absolute atomic E-state index is 0.669. The fourth-order valence-electron chi connectivity index (χ4n) is 0.720. The summed E-state index contributed by atoms with van der Waals surface area (Å²) in [6.07, 6.45) is 1.68. The molecule has 0 spiro atoms. The predicted molar refractivity (Wildman–Crippen MR) is 62.9 cm³/mol. The average Bonchev–Trinajstić information content (AvgIpc) is 2.16. The molecule has 1 rings (SSSR count). The molecule has 1 aromatic rings. The molecule has 1 atom stereocenters. The minimum atomic E-state index is 0.669. The molecule has 0 saturated heterocycles. The maximum Gasteiger partial charge on any atom is 0.0961 e. The number of thioether (sulfide) groups is 1. The van der Waals surface area contributed by atoms with Gasteiger partial charge < -0.3 is 0 Å². The van der Waals surface area contributed by atoms with Gasteiger partial charge in [-0.2, -0.15) is 0 Å². The second-order valence-corrected chi connectivity index (χ2v) is 5.01. The standard InChI is InChI=1S/C9H11BrClNS/c1-7(4-10)6-13-9-3-2-8(11)5-12-9/h2-3,5,7H,4,6H2,1H3. The van der Waals surface area contributed by atoms with E-state index in [9.17, 15) is 0 Å². The van der Waals surface area contributed by atoms with Crippen LogP contribution in [-0.2, 0) is 0 Å². The highest BCUT2D eigenvalue weighted by molar-refractivity contribution is 9.09. The first-order valence-electron chi connectivity index (χ1n) is 4.02. The van der Waals surface area contributed by atoms with Crippen molar-refractivity contribution in [3.05, 3.63) is 23.4 Å². The van der Waals surface area contributed by atoms with Crippen molar-refractivity contribution in [2.45, 2.75) is 11.9 Å². The Hall–Kier alpha value is 0.270. The largest absolute Gasteiger partial charge is 0.248 e. The normalized spacial score (nSPS) is 12.8. The second-order valence-electron chi connectivity index (χ2n) is 2.89. The summed E-state index contributed by atoms with van der Waals surface area (Å²) in [5.41, 5.74) is 0. The van der Waals surface area contributed by atoms with E-state index in [0.717, 1.165) is 16.1 Å². The van der Waals surface area contributed by atoms with E-state index in [4.69, 9.17) is 11.6 Å². The van der Waals surface area contributed by atoms with Crippen LogP contribution in [0.5, 0.6) is 0 Å². The number of pyridine rings is 1. The summed E-state index contributed by atoms with van der Waals surface area (Å²) in [5.74, 6) is 1.75. The van der Waals surface area contributed by atoms with Crippen LogP contribution < -0.4 is 0 Å². The quantitative estimate of drug-likeness (QED) is 0.613. The molecule has 0 saturated carbocycles. The van der Waals surface area contributed by atoms with Gasteiger partial charge in [-0.05, 0) is 18.1 Å². The fourth-order valence-corrected chi connectivity index (χ4v) is 2.23. The van der Waals surface area contributed by atoms with Gasteiger partial charge in [-0.1, -0.05) is 34.5 Å². The molecule has 1 unspecified atom stereocenters. The third-order valence-electron chi connectivity index (χ3n) is 1.48. The molecule has 0 fully saturated rings. The summed E-state index contributed by atoms with van der Waals surface area (Å²) < 4.78 is 0. The Morgan fingerprint density at radius 3 is 2.92 bits per heavy atom. The zero-order valence-corrected chi connectivity index (χ0v) is 10.5. The van der Waals surface area contributed by atoms with Crippen LogP contribution in [0.4, 0.5) is 0 Å². The van der Waals surface area contributed by atoms with Crippen molar-refractivity contribution in [1.82, 2.24) is 4.98 Å². The molecule has 72 valence electrons. The van der Waals surface area contributed by atoms with E-state index in [-0.39, 0.29) is 0 Å². The smallest absolute Gasteiger partial charge is 0.0961 e. The van der Waals surface area contributed by atoms with Crippen LogP contribution in [-0.4, -0.2) is 16.1 Å². The number of rotatable bonds is 4. The van der Waals surface area contributed by atoms with Crippen molar-refractivity contribution in [1.29, 1.82) is 0 Å². The topological polar surface area (TPSA) is 12.9 Å². The molecule has 0 aromatic carbocycles. The van der Waals surface area contributed by atoms with Gasteiger partial charge in [0.1, 0.15) is 0 Å². The van der Waals surface area contributed by atoms with Crippen LogP contribution in [0.2, 0.25) is 5.02 Å². The Balaban J connectivity index is 2.41. The molecule has 1 heterocycles. The van der Waals surface area contributed by atoms with Crippen molar-refractivity contribution in [2.75, 3.05) is 11.1 Å². The van der Waals surface area contributed by atoms with E-state index in [0.29, 0.717) is 10.9 Å². The zero-order chi connectivity index (χ0) is 9.68. The summed E-state index contributed by atoms with van der Waals surface area (Å²) in [5, 5.41) is 2.77. The second kappa shape index (κ2) is 5.89. The molecule has 0 aliphatic rings. The fraction of sp³-hybridized carbons (Fsp3) is 0.444. The van der Waals surface area contributed by atoms with Crippen LogP contribution in [0, 0.1) is 5.92 Å². The molecule has 0 aliphatic heterocycles. The average molecular weight is 281 g/mol. The molecule has 1 nitrogen and oxygen atoms in total. The summed E-state index contributed by atoms with van der Waals surface area (Å²) in [7, 11) is 0. The Morgan fingerprint density at radius 2 is 2.38 bits per heavy atom. The molecular formula is C9H11BrClNS. The molecule has 1 aromatic heterocycles. The molecule has 0 N–H and O–H groups in total. The van der Waals surface area contributed by atoms with Gasteiger partial charge in [-0.3, -0.25) is 0 Å². The lowest BCUT2D eigenvalue weighted by molar-refractivity contribution is 0.769. The molecule has 0 radical (unpaired) electrons. The Kier molecular flexibility index (Phi) is 5.14. The highest BCUT2D eigenvalue weighted by Gasteiger charge is 2.01. The van der Waals surface area contributed by atoms with Crippen LogP contribution in [0.15, 0.2) is 23.4 Å². The summed E-state index contributed by atoms with van der Waals surface area (Å²) in [6, 6.07) is 3.82. The van der Waals surface area contributed by atoms with E-state index >= 15 is 0 Å². The Bertz CT molecular complexity index is 252. The maximum atomic E-state index is 5.72. The van der Waals surface area contributed by atoms with E-state index in [2.05, 4.69) is 27.8 Å². The van der Waals surface area contributed by atoms with Crippen molar-refractivity contribution in [3.8, 4) is 0 Å². The van der Waals surface area contributed by atoms with E-state index in [1.54, 1.807) is 18.0 Å². The van der Waals surface area contributed by atoms with E-state index in [1.807, 2.05) is 12.1 Å². The number of hydrogen-bond donors (Lipinski definition) is 0. The van der Waals surface area contributed by atoms with Crippen molar-refractivity contribution in [3.63, 3.8) is 0 Å². The zero-order valence-electron chi connectivity index (χ0n) is 7.34. The van der Waals surface area contributed by atoms with Crippen molar-refractivity contribution in [2.24, 2.45) is 5.92 Å². The van der Waals surface area contributed by atoms with Gasteiger partial charge >= 0.3 is 0 Å². The summed E-state index contributed by atoms with van der Waals surface area (Å²) in [6.45, 7) is 2.21. The number of aromatic nitrogens is 1. The van der Waals surface area contributed by atoms with Gasteiger partial charge in [0.2, 0.25) is 0 Å². The summed E-state index contributed by atoms with van der Waals surface area (Å²) in [4.78, 5) is 4.20. The van der Waals surface area contributed by atoms with Crippen molar-refractivity contribution < 1.29 is 0 Å². The highest BCUT2D eigenvalue weighted by atomic mass is 79.9. The lowest BCUT2D eigenvalue weighted by Crippen LogP contribution is -1.98. The predicted octanol–water partition coefficient (Wildman–Crippen LogP) is 3.86. The van der Waals surface area contributed by atoms with Crippen LogP contribution in [0.3, 0.4) is 0 Å². The first-order valence-corrected chi connectivity index (χ1v) is 6.51. The van der Waals surface area contributed by atoms with Gasteiger partial charge in [0, 0.05) is 17.3 Å². The maximum absolute atomic E-state index is 5.72. The Morgan fingerprint density at radius 1 is 1.62 bits per heavy atom. The third-order valence-corrected chi connectivity index (χ3v) is 4.08. The van der Waals surface area contributed by atoms with Gasteiger partial charge in [-0.15, -0.1) is 11.8 Å². The number of halogens is 2. The van der Waals surface area contributed by atoms with Gasteiger partial charge in [0.25, 0.3) is 0 Å². The van der Waals surface area contributed by atoms with Crippen LogP contribution in [0.1, 0.15) is 6.92 Å².